The maximum absolute atomic E-state index is 12.6. The van der Waals surface area contributed by atoms with Crippen molar-refractivity contribution in [3.05, 3.63) is 28.8 Å². The lowest BCUT2D eigenvalue weighted by Crippen LogP contribution is -2.62. The minimum Gasteiger partial charge on any atom is -0.346 e. The second-order valence-corrected chi connectivity index (χ2v) is 7.38. The second-order valence-electron chi connectivity index (χ2n) is 6.47. The van der Waals surface area contributed by atoms with Gasteiger partial charge in [-0.2, -0.15) is 0 Å². The fraction of sp³-hybridized carbons (Fsp3) is 0.471. The van der Waals surface area contributed by atoms with Crippen molar-refractivity contribution in [3.63, 3.8) is 0 Å². The van der Waals surface area contributed by atoms with Gasteiger partial charge in [0.2, 0.25) is 0 Å². The molecule has 0 spiro atoms. The molecule has 3 aliphatic rings. The van der Waals surface area contributed by atoms with Crippen molar-refractivity contribution in [2.24, 2.45) is 5.92 Å². The molecule has 5 heterocycles. The molecule has 5 rings (SSSR count). The van der Waals surface area contributed by atoms with Crippen LogP contribution in [0.4, 0.5) is 0 Å². The third-order valence-electron chi connectivity index (χ3n) is 5.28. The Morgan fingerprint density at radius 3 is 2.87 bits per heavy atom. The van der Waals surface area contributed by atoms with E-state index in [4.69, 9.17) is 0 Å². The first-order chi connectivity index (χ1) is 11.2. The number of carbonyl (C=O) groups excluding carboxylic acids is 2. The molecule has 6 heteroatoms. The third-order valence-corrected chi connectivity index (χ3v) is 6.23. The van der Waals surface area contributed by atoms with Crippen molar-refractivity contribution >= 4 is 33.7 Å². The molecule has 2 unspecified atom stereocenters. The highest BCUT2D eigenvalue weighted by Gasteiger charge is 2.40. The van der Waals surface area contributed by atoms with Gasteiger partial charge in [-0.25, -0.2) is 4.98 Å². The van der Waals surface area contributed by atoms with Gasteiger partial charge in [-0.15, -0.1) is 11.3 Å². The second kappa shape index (κ2) is 5.69. The molecule has 2 aromatic rings. The third kappa shape index (κ3) is 2.46. The predicted molar refractivity (Wildman–Crippen MR) is 90.0 cm³/mol. The quantitative estimate of drug-likeness (QED) is 0.878. The van der Waals surface area contributed by atoms with E-state index in [-0.39, 0.29) is 11.9 Å². The van der Waals surface area contributed by atoms with Gasteiger partial charge in [0.05, 0.1) is 15.8 Å². The van der Waals surface area contributed by atoms with Crippen LogP contribution in [0.3, 0.4) is 0 Å². The Hall–Kier alpha value is -1.79. The lowest BCUT2D eigenvalue weighted by atomic mass is 9.79. The number of hydrogen-bond donors (Lipinski definition) is 1. The Kier molecular flexibility index (Phi) is 3.66. The molecule has 1 N–H and O–H groups in total. The molecule has 0 saturated carbocycles. The molecule has 5 nitrogen and oxygen atoms in total. The molecule has 3 aliphatic heterocycles. The first-order valence-corrected chi connectivity index (χ1v) is 8.93. The summed E-state index contributed by atoms with van der Waals surface area (Å²) in [5.74, 6) is 0.426. The van der Waals surface area contributed by atoms with Gasteiger partial charge in [0.1, 0.15) is 5.69 Å². The number of fused-ring (bicyclic) bond motifs is 4. The van der Waals surface area contributed by atoms with E-state index in [1.807, 2.05) is 6.07 Å². The van der Waals surface area contributed by atoms with Crippen LogP contribution in [0.5, 0.6) is 0 Å². The summed E-state index contributed by atoms with van der Waals surface area (Å²) in [5, 5.41) is 4.96. The summed E-state index contributed by atoms with van der Waals surface area (Å²) in [7, 11) is 0. The zero-order valence-electron chi connectivity index (χ0n) is 13.0. The Labute approximate surface area is 138 Å². The fourth-order valence-corrected chi connectivity index (χ4v) is 4.75. The number of aromatic nitrogens is 1. The highest BCUT2D eigenvalue weighted by atomic mass is 32.1. The standard InChI is InChI=1S/C17H19N3O2S/c1-10-15(11-4-6-20(10)7-5-11)19-17(22)13-2-3-14-16(18-13)12(8-21)9-23-14/h2-3,8-11,15H,4-7H2,1H3,(H,19,22). The van der Waals surface area contributed by atoms with E-state index in [0.29, 0.717) is 28.7 Å². The number of amides is 1. The first-order valence-electron chi connectivity index (χ1n) is 8.05. The lowest BCUT2D eigenvalue weighted by Gasteiger charge is -2.49. The Morgan fingerprint density at radius 2 is 2.17 bits per heavy atom. The molecular formula is C17H19N3O2S. The van der Waals surface area contributed by atoms with Gasteiger partial charge in [0.15, 0.2) is 6.29 Å². The molecule has 3 saturated heterocycles. The topological polar surface area (TPSA) is 62.3 Å². The monoisotopic (exact) mass is 329 g/mol. The predicted octanol–water partition coefficient (Wildman–Crippen LogP) is 2.32. The summed E-state index contributed by atoms with van der Waals surface area (Å²) >= 11 is 1.47. The SMILES string of the molecule is CC1C(NC(=O)c2ccc3scc(C=O)c3n2)C2CCN1CC2. The number of aldehydes is 1. The average molecular weight is 329 g/mol. The van der Waals surface area contributed by atoms with Crippen LogP contribution in [0, 0.1) is 5.92 Å². The number of nitrogens with zero attached hydrogens (tertiary/aromatic N) is 2. The number of carbonyl (C=O) groups is 2. The van der Waals surface area contributed by atoms with Crippen LogP contribution >= 0.6 is 11.3 Å². The first kappa shape index (κ1) is 14.8. The number of nitrogens with one attached hydrogen (secondary N) is 1. The van der Waals surface area contributed by atoms with Gasteiger partial charge < -0.3 is 5.32 Å². The van der Waals surface area contributed by atoms with Gasteiger partial charge in [0, 0.05) is 17.5 Å². The van der Waals surface area contributed by atoms with Crippen LogP contribution in [0.15, 0.2) is 17.5 Å². The van der Waals surface area contributed by atoms with Gasteiger partial charge in [-0.05, 0) is 50.9 Å². The maximum atomic E-state index is 12.6. The van der Waals surface area contributed by atoms with Crippen LogP contribution in [0.2, 0.25) is 0 Å². The Bertz CT molecular complexity index is 762. The van der Waals surface area contributed by atoms with Crippen LogP contribution in [0.1, 0.15) is 40.6 Å². The van der Waals surface area contributed by atoms with Crippen molar-refractivity contribution in [1.82, 2.24) is 15.2 Å². The Balaban J connectivity index is 1.58. The highest BCUT2D eigenvalue weighted by molar-refractivity contribution is 7.17. The minimum absolute atomic E-state index is 0.138. The molecule has 0 radical (unpaired) electrons. The largest absolute Gasteiger partial charge is 0.346 e. The van der Waals surface area contributed by atoms with E-state index in [2.05, 4.69) is 22.1 Å². The van der Waals surface area contributed by atoms with Crippen molar-refractivity contribution in [1.29, 1.82) is 0 Å². The summed E-state index contributed by atoms with van der Waals surface area (Å²) in [6, 6.07) is 4.18. The molecule has 2 atom stereocenters. The van der Waals surface area contributed by atoms with E-state index in [1.165, 1.54) is 11.3 Å². The van der Waals surface area contributed by atoms with E-state index >= 15 is 0 Å². The van der Waals surface area contributed by atoms with Gasteiger partial charge in [-0.1, -0.05) is 0 Å². The molecule has 23 heavy (non-hydrogen) atoms. The molecule has 2 bridgehead atoms. The molecule has 0 aromatic carbocycles. The molecular weight excluding hydrogens is 310 g/mol. The van der Waals surface area contributed by atoms with Gasteiger partial charge in [0.25, 0.3) is 5.91 Å². The summed E-state index contributed by atoms with van der Waals surface area (Å²) in [4.78, 5) is 30.6. The fourth-order valence-electron chi connectivity index (χ4n) is 3.91. The van der Waals surface area contributed by atoms with E-state index in [1.54, 1.807) is 11.4 Å². The van der Waals surface area contributed by atoms with Gasteiger partial charge in [-0.3, -0.25) is 14.5 Å². The zero-order valence-corrected chi connectivity index (χ0v) is 13.8. The zero-order chi connectivity index (χ0) is 16.0. The summed E-state index contributed by atoms with van der Waals surface area (Å²) < 4.78 is 0.930. The molecule has 1 amide bonds. The van der Waals surface area contributed by atoms with Crippen molar-refractivity contribution in [3.8, 4) is 0 Å². The van der Waals surface area contributed by atoms with Gasteiger partial charge >= 0.3 is 0 Å². The van der Waals surface area contributed by atoms with E-state index < -0.39 is 0 Å². The van der Waals surface area contributed by atoms with Crippen LogP contribution < -0.4 is 5.32 Å². The van der Waals surface area contributed by atoms with Crippen LogP contribution in [0.25, 0.3) is 10.2 Å². The Morgan fingerprint density at radius 1 is 1.39 bits per heavy atom. The molecule has 3 fully saturated rings. The number of thiophene rings is 1. The number of piperidine rings is 3. The molecule has 120 valence electrons. The van der Waals surface area contributed by atoms with Crippen molar-refractivity contribution < 1.29 is 9.59 Å². The number of hydrogen-bond acceptors (Lipinski definition) is 5. The lowest BCUT2D eigenvalue weighted by molar-refractivity contribution is 0.0216. The summed E-state index contributed by atoms with van der Waals surface area (Å²) in [5.41, 5.74) is 1.57. The van der Waals surface area contributed by atoms with E-state index in [9.17, 15) is 9.59 Å². The van der Waals surface area contributed by atoms with Crippen molar-refractivity contribution in [2.75, 3.05) is 13.1 Å². The number of pyridine rings is 1. The number of rotatable bonds is 3. The summed E-state index contributed by atoms with van der Waals surface area (Å²) in [6.07, 6.45) is 3.10. The van der Waals surface area contributed by atoms with Crippen molar-refractivity contribution in [2.45, 2.75) is 31.8 Å². The minimum atomic E-state index is -0.138. The van der Waals surface area contributed by atoms with Crippen LogP contribution in [-0.2, 0) is 0 Å². The molecule has 0 aliphatic carbocycles. The molecule has 2 aromatic heterocycles. The van der Waals surface area contributed by atoms with E-state index in [0.717, 1.165) is 36.9 Å². The van der Waals surface area contributed by atoms with Crippen LogP contribution in [-0.4, -0.2) is 47.3 Å². The maximum Gasteiger partial charge on any atom is 0.270 e. The summed E-state index contributed by atoms with van der Waals surface area (Å²) in [6.45, 7) is 4.47. The normalized spacial score (nSPS) is 29.6. The average Bonchev–Trinajstić information content (AvgIpc) is 3.00. The highest BCUT2D eigenvalue weighted by Crippen LogP contribution is 2.32. The smallest absolute Gasteiger partial charge is 0.270 e.